The molecular formula is C14H14N4O. The first kappa shape index (κ1) is 11.6. The molecule has 3 aromatic rings. The summed E-state index contributed by atoms with van der Waals surface area (Å²) in [5.41, 5.74) is 3.48. The van der Waals surface area contributed by atoms with Crippen molar-refractivity contribution >= 4 is 11.4 Å². The molecule has 0 atom stereocenters. The zero-order valence-corrected chi connectivity index (χ0v) is 11.1. The van der Waals surface area contributed by atoms with Gasteiger partial charge in [-0.3, -0.25) is 0 Å². The van der Waals surface area contributed by atoms with E-state index in [9.17, 15) is 5.11 Å². The normalized spacial score (nSPS) is 13.0. The van der Waals surface area contributed by atoms with Crippen molar-refractivity contribution in [1.82, 2.24) is 14.8 Å². The number of nitrogens with zero attached hydrogens (tertiary/aromatic N) is 4. The number of benzene rings is 1. The van der Waals surface area contributed by atoms with E-state index in [4.69, 9.17) is 0 Å². The first-order valence-corrected chi connectivity index (χ1v) is 6.08. The van der Waals surface area contributed by atoms with E-state index in [0.717, 1.165) is 16.8 Å². The van der Waals surface area contributed by atoms with Crippen LogP contribution in [0.4, 0.5) is 0 Å². The average Bonchev–Trinajstić information content (AvgIpc) is 2.87. The van der Waals surface area contributed by atoms with Gasteiger partial charge in [0, 0.05) is 17.7 Å². The van der Waals surface area contributed by atoms with Gasteiger partial charge in [0.15, 0.2) is 0 Å². The smallest absolute Gasteiger partial charge is 0.295 e. The third-order valence-electron chi connectivity index (χ3n) is 3.23. The van der Waals surface area contributed by atoms with Crippen molar-refractivity contribution in [3.8, 4) is 11.1 Å². The van der Waals surface area contributed by atoms with Gasteiger partial charge >= 0.3 is 0 Å². The first-order valence-electron chi connectivity index (χ1n) is 6.08. The van der Waals surface area contributed by atoms with Crippen molar-refractivity contribution in [2.24, 2.45) is 7.05 Å². The summed E-state index contributed by atoms with van der Waals surface area (Å²) in [6.07, 6.45) is 0. The number of aromatic nitrogens is 4. The summed E-state index contributed by atoms with van der Waals surface area (Å²) in [4.78, 5) is 1.48. The maximum absolute atomic E-state index is 12.0. The number of rotatable bonds is 1. The Morgan fingerprint density at radius 1 is 1.26 bits per heavy atom. The van der Waals surface area contributed by atoms with Gasteiger partial charge in [-0.05, 0) is 15.5 Å². The zero-order valence-electron chi connectivity index (χ0n) is 11.1. The standard InChI is InChI=1S/C14H14N4O/c1-9-12(11-7-5-4-6-8-11)13(10(2)19)14-15-17(3)16-18(9)14/h4-8H,1-3H3. The Morgan fingerprint density at radius 3 is 2.58 bits per heavy atom. The summed E-state index contributed by atoms with van der Waals surface area (Å²) < 4.78 is 1.72. The topological polar surface area (TPSA) is 57.1 Å². The maximum atomic E-state index is 12.0. The summed E-state index contributed by atoms with van der Waals surface area (Å²) in [6.45, 7) is 3.52. The van der Waals surface area contributed by atoms with E-state index in [1.807, 2.05) is 37.3 Å². The molecular weight excluding hydrogens is 240 g/mol. The molecule has 0 radical (unpaired) electrons. The summed E-state index contributed by atoms with van der Waals surface area (Å²) in [6, 6.07) is 9.87. The molecule has 19 heavy (non-hydrogen) atoms. The lowest BCUT2D eigenvalue weighted by Gasteiger charge is -2.04. The van der Waals surface area contributed by atoms with Gasteiger partial charge in [0.2, 0.25) is 0 Å². The second-order valence-electron chi connectivity index (χ2n) is 4.57. The van der Waals surface area contributed by atoms with E-state index >= 15 is 0 Å². The van der Waals surface area contributed by atoms with Crippen LogP contribution in [0.25, 0.3) is 22.5 Å². The van der Waals surface area contributed by atoms with E-state index < -0.39 is 0 Å². The predicted molar refractivity (Wildman–Crippen MR) is 68.6 cm³/mol. The first-order chi connectivity index (χ1) is 9.09. The molecule has 2 aromatic heterocycles. The minimum Gasteiger partial charge on any atom is -0.875 e. The molecule has 0 unspecified atom stereocenters. The maximum Gasteiger partial charge on any atom is 0.295 e. The van der Waals surface area contributed by atoms with E-state index in [1.165, 1.54) is 4.80 Å². The Hall–Kier alpha value is -2.43. The van der Waals surface area contributed by atoms with Gasteiger partial charge in [-0.15, -0.1) is 5.76 Å². The molecule has 0 saturated heterocycles. The number of aryl methyl sites for hydroxylation is 2. The van der Waals surface area contributed by atoms with Crippen molar-refractivity contribution in [1.29, 1.82) is 0 Å². The molecule has 0 aliphatic heterocycles. The van der Waals surface area contributed by atoms with Gasteiger partial charge in [-0.25, -0.2) is 0 Å². The zero-order chi connectivity index (χ0) is 13.6. The molecule has 3 rings (SSSR count). The molecule has 0 fully saturated rings. The predicted octanol–water partition coefficient (Wildman–Crippen LogP) is -0.263. The van der Waals surface area contributed by atoms with Gasteiger partial charge < -0.3 is 5.11 Å². The van der Waals surface area contributed by atoms with Crippen LogP contribution < -0.4 is 15.1 Å². The van der Waals surface area contributed by atoms with Crippen molar-refractivity contribution in [2.45, 2.75) is 13.8 Å². The van der Waals surface area contributed by atoms with Crippen molar-refractivity contribution in [3.63, 3.8) is 0 Å². The number of hydrogen-bond acceptors (Lipinski definition) is 3. The highest BCUT2D eigenvalue weighted by Crippen LogP contribution is 2.21. The SMILES string of the molecule is C/C([O-])=c1/c(-c2ccccc2)c(C)n2n[n+](C)nc12. The fraction of sp³-hybridized carbons (Fsp3) is 0.214. The van der Waals surface area contributed by atoms with Gasteiger partial charge in [0.1, 0.15) is 18.0 Å². The van der Waals surface area contributed by atoms with E-state index in [2.05, 4.69) is 10.3 Å². The molecule has 0 amide bonds. The van der Waals surface area contributed by atoms with Gasteiger partial charge in [-0.2, -0.15) is 0 Å². The summed E-state index contributed by atoms with van der Waals surface area (Å²) in [7, 11) is 1.75. The van der Waals surface area contributed by atoms with Crippen LogP contribution in [0.2, 0.25) is 0 Å². The van der Waals surface area contributed by atoms with Crippen LogP contribution in [0.5, 0.6) is 0 Å². The third kappa shape index (κ3) is 1.66. The minimum atomic E-state index is 0.00459. The van der Waals surface area contributed by atoms with E-state index in [0.29, 0.717) is 10.9 Å². The highest BCUT2D eigenvalue weighted by atomic mass is 16.3. The molecule has 0 N–H and O–H groups in total. The summed E-state index contributed by atoms with van der Waals surface area (Å²) in [5.74, 6) is 0.00459. The lowest BCUT2D eigenvalue weighted by Crippen LogP contribution is -2.34. The highest BCUT2D eigenvalue weighted by molar-refractivity contribution is 5.74. The van der Waals surface area contributed by atoms with Crippen LogP contribution in [0.15, 0.2) is 30.3 Å². The Morgan fingerprint density at radius 2 is 1.95 bits per heavy atom. The molecule has 0 bridgehead atoms. The third-order valence-corrected chi connectivity index (χ3v) is 3.23. The monoisotopic (exact) mass is 254 g/mol. The van der Waals surface area contributed by atoms with E-state index in [-0.39, 0.29) is 5.76 Å². The molecule has 0 aliphatic carbocycles. The van der Waals surface area contributed by atoms with Crippen LogP contribution in [0, 0.1) is 6.92 Å². The minimum absolute atomic E-state index is 0.00459. The van der Waals surface area contributed by atoms with Gasteiger partial charge in [-0.1, -0.05) is 41.8 Å². The van der Waals surface area contributed by atoms with Crippen molar-refractivity contribution < 1.29 is 9.90 Å². The number of hydrogen-bond donors (Lipinski definition) is 0. The van der Waals surface area contributed by atoms with Gasteiger partial charge in [0.05, 0.1) is 0 Å². The van der Waals surface area contributed by atoms with Crippen molar-refractivity contribution in [2.75, 3.05) is 0 Å². The largest absolute Gasteiger partial charge is 0.875 e. The van der Waals surface area contributed by atoms with Crippen LogP contribution in [-0.4, -0.2) is 14.8 Å². The van der Waals surface area contributed by atoms with Crippen LogP contribution in [-0.2, 0) is 7.05 Å². The van der Waals surface area contributed by atoms with Gasteiger partial charge in [0.25, 0.3) is 5.65 Å². The lowest BCUT2D eigenvalue weighted by molar-refractivity contribution is -0.783. The van der Waals surface area contributed by atoms with E-state index in [1.54, 1.807) is 18.5 Å². The quantitative estimate of drug-likeness (QED) is 0.562. The Balaban J connectivity index is 2.50. The molecule has 5 heteroatoms. The molecule has 5 nitrogen and oxygen atoms in total. The Kier molecular flexibility index (Phi) is 2.48. The Labute approximate surface area is 110 Å². The molecule has 0 saturated carbocycles. The fourth-order valence-corrected chi connectivity index (χ4v) is 2.44. The average molecular weight is 254 g/mol. The molecule has 96 valence electrons. The van der Waals surface area contributed by atoms with Crippen LogP contribution >= 0.6 is 0 Å². The van der Waals surface area contributed by atoms with Crippen LogP contribution in [0.1, 0.15) is 12.6 Å². The Bertz CT molecular complexity index is 801. The second kappa shape index (κ2) is 4.05. The molecule has 0 aliphatic rings. The van der Waals surface area contributed by atoms with Crippen molar-refractivity contribution in [3.05, 3.63) is 41.2 Å². The molecule has 2 heterocycles. The van der Waals surface area contributed by atoms with Crippen LogP contribution in [0.3, 0.4) is 0 Å². The summed E-state index contributed by atoms with van der Waals surface area (Å²) in [5, 5.41) is 21.2. The number of tetrazole rings is 1. The highest BCUT2D eigenvalue weighted by Gasteiger charge is 2.22. The number of fused-ring (bicyclic) bond motifs is 1. The molecule has 1 aromatic carbocycles. The summed E-state index contributed by atoms with van der Waals surface area (Å²) >= 11 is 0. The molecule has 0 spiro atoms. The second-order valence-corrected chi connectivity index (χ2v) is 4.57. The fourth-order valence-electron chi connectivity index (χ4n) is 2.44. The lowest BCUT2D eigenvalue weighted by atomic mass is 10.0.